The van der Waals surface area contributed by atoms with Gasteiger partial charge in [-0.25, -0.2) is 4.98 Å². The Morgan fingerprint density at radius 1 is 1.33 bits per heavy atom. The summed E-state index contributed by atoms with van der Waals surface area (Å²) in [5.74, 6) is 0. The minimum absolute atomic E-state index is 0.0220. The number of hydrogen-bond donors (Lipinski definition) is 2. The van der Waals surface area contributed by atoms with Crippen molar-refractivity contribution in [2.24, 2.45) is 0 Å². The highest BCUT2D eigenvalue weighted by atomic mass is 32.1. The van der Waals surface area contributed by atoms with E-state index in [0.29, 0.717) is 6.54 Å². The van der Waals surface area contributed by atoms with Crippen LogP contribution in [0, 0.1) is 6.92 Å². The molecule has 1 aromatic carbocycles. The third kappa shape index (κ3) is 3.37. The summed E-state index contributed by atoms with van der Waals surface area (Å²) < 4.78 is 0. The van der Waals surface area contributed by atoms with Crippen molar-refractivity contribution >= 4 is 22.2 Å². The highest BCUT2D eigenvalue weighted by Crippen LogP contribution is 2.10. The van der Waals surface area contributed by atoms with Gasteiger partial charge < -0.3 is 10.3 Å². The van der Waals surface area contributed by atoms with Crippen LogP contribution in [-0.4, -0.2) is 16.5 Å². The van der Waals surface area contributed by atoms with Crippen molar-refractivity contribution in [3.8, 4) is 0 Å². The molecule has 0 unspecified atom stereocenters. The van der Waals surface area contributed by atoms with E-state index >= 15 is 0 Å². The summed E-state index contributed by atoms with van der Waals surface area (Å²) in [6, 6.07) is 9.77. The number of nitrogens with one attached hydrogen (secondary N) is 2. The molecule has 2 N–H and O–H groups in total. The number of fused-ring (bicyclic) bond motifs is 1. The van der Waals surface area contributed by atoms with Gasteiger partial charge in [-0.1, -0.05) is 18.2 Å². The smallest absolute Gasteiger partial charge is 0.252 e. The highest BCUT2D eigenvalue weighted by Gasteiger charge is 2.03. The summed E-state index contributed by atoms with van der Waals surface area (Å²) in [4.78, 5) is 19.3. The largest absolute Gasteiger partial charge is 0.322 e. The van der Waals surface area contributed by atoms with E-state index in [-0.39, 0.29) is 5.56 Å². The van der Waals surface area contributed by atoms with Crippen LogP contribution in [0.15, 0.2) is 40.5 Å². The lowest BCUT2D eigenvalue weighted by Gasteiger charge is -2.05. The molecule has 0 spiro atoms. The van der Waals surface area contributed by atoms with Gasteiger partial charge in [-0.2, -0.15) is 0 Å². The normalized spacial score (nSPS) is 11.1. The first-order valence-electron chi connectivity index (χ1n) is 6.95. The highest BCUT2D eigenvalue weighted by molar-refractivity contribution is 7.09. The molecule has 0 aliphatic heterocycles. The van der Waals surface area contributed by atoms with Gasteiger partial charge in [0.2, 0.25) is 0 Å². The van der Waals surface area contributed by atoms with Crippen molar-refractivity contribution in [2.45, 2.75) is 19.9 Å². The lowest BCUT2D eigenvalue weighted by molar-refractivity contribution is 0.680. The van der Waals surface area contributed by atoms with Gasteiger partial charge in [0.05, 0.1) is 5.01 Å². The molecule has 3 rings (SSSR count). The zero-order valence-electron chi connectivity index (χ0n) is 11.8. The third-order valence-electron chi connectivity index (χ3n) is 3.33. The quantitative estimate of drug-likeness (QED) is 0.712. The number of para-hydroxylation sites is 1. The maximum atomic E-state index is 12.0. The number of H-pyrrole nitrogens is 1. The van der Waals surface area contributed by atoms with Gasteiger partial charge in [-0.3, -0.25) is 4.79 Å². The lowest BCUT2D eigenvalue weighted by Crippen LogP contribution is -2.22. The van der Waals surface area contributed by atoms with Gasteiger partial charge in [-0.05, 0) is 24.4 Å². The van der Waals surface area contributed by atoms with E-state index in [1.165, 1.54) is 0 Å². The predicted octanol–water partition coefficient (Wildman–Crippen LogP) is 2.63. The Hall–Kier alpha value is -1.98. The van der Waals surface area contributed by atoms with E-state index in [9.17, 15) is 4.79 Å². The topological polar surface area (TPSA) is 57.8 Å². The zero-order valence-corrected chi connectivity index (χ0v) is 12.7. The Kier molecular flexibility index (Phi) is 4.13. The number of benzene rings is 1. The molecule has 3 aromatic rings. The second-order valence-corrected chi connectivity index (χ2v) is 5.96. The molecule has 4 nitrogen and oxygen atoms in total. The Bertz CT molecular complexity index is 806. The summed E-state index contributed by atoms with van der Waals surface area (Å²) in [5.41, 5.74) is 2.70. The number of thiazole rings is 1. The number of aromatic nitrogens is 2. The molecule has 0 fully saturated rings. The van der Waals surface area contributed by atoms with Crippen LogP contribution < -0.4 is 10.9 Å². The first-order valence-corrected chi connectivity index (χ1v) is 7.83. The SMILES string of the molecule is Cc1csc(CCNCc2cc3ccccc3[nH]c2=O)n1. The molecule has 0 atom stereocenters. The molecule has 0 amide bonds. The van der Waals surface area contributed by atoms with Crippen molar-refractivity contribution in [1.82, 2.24) is 15.3 Å². The maximum absolute atomic E-state index is 12.0. The number of hydrogen-bond acceptors (Lipinski definition) is 4. The van der Waals surface area contributed by atoms with Crippen molar-refractivity contribution in [3.05, 3.63) is 62.3 Å². The first kappa shape index (κ1) is 14.0. The van der Waals surface area contributed by atoms with Crippen molar-refractivity contribution in [2.75, 3.05) is 6.54 Å². The summed E-state index contributed by atoms with van der Waals surface area (Å²) >= 11 is 1.68. The molecule has 0 bridgehead atoms. The molecule has 0 saturated heterocycles. The fraction of sp³-hybridized carbons (Fsp3) is 0.250. The fourth-order valence-electron chi connectivity index (χ4n) is 2.26. The van der Waals surface area contributed by atoms with Gasteiger partial charge in [0.25, 0.3) is 5.56 Å². The molecule has 0 aliphatic carbocycles. The van der Waals surface area contributed by atoms with Crippen LogP contribution in [0.2, 0.25) is 0 Å². The van der Waals surface area contributed by atoms with Crippen LogP contribution in [0.4, 0.5) is 0 Å². The second-order valence-electron chi connectivity index (χ2n) is 5.02. The Morgan fingerprint density at radius 3 is 3.00 bits per heavy atom. The van der Waals surface area contributed by atoms with Crippen LogP contribution >= 0.6 is 11.3 Å². The number of aromatic amines is 1. The van der Waals surface area contributed by atoms with Crippen LogP contribution in [0.1, 0.15) is 16.3 Å². The van der Waals surface area contributed by atoms with Crippen LogP contribution in [-0.2, 0) is 13.0 Å². The Balaban J connectivity index is 1.62. The maximum Gasteiger partial charge on any atom is 0.252 e. The fourth-order valence-corrected chi connectivity index (χ4v) is 3.04. The molecule has 5 heteroatoms. The molecular weight excluding hydrogens is 282 g/mol. The predicted molar refractivity (Wildman–Crippen MR) is 86.8 cm³/mol. The monoisotopic (exact) mass is 299 g/mol. The van der Waals surface area contributed by atoms with Gasteiger partial charge in [0.1, 0.15) is 0 Å². The van der Waals surface area contributed by atoms with Crippen molar-refractivity contribution < 1.29 is 0 Å². The van der Waals surface area contributed by atoms with E-state index in [0.717, 1.165) is 40.1 Å². The molecule has 2 aromatic heterocycles. The van der Waals surface area contributed by atoms with Crippen molar-refractivity contribution in [1.29, 1.82) is 0 Å². The Morgan fingerprint density at radius 2 is 2.19 bits per heavy atom. The summed E-state index contributed by atoms with van der Waals surface area (Å²) in [6.07, 6.45) is 0.893. The van der Waals surface area contributed by atoms with Gasteiger partial charge >= 0.3 is 0 Å². The van der Waals surface area contributed by atoms with Gasteiger partial charge in [0, 0.05) is 41.7 Å². The molecule has 0 saturated carbocycles. The van der Waals surface area contributed by atoms with Crippen LogP contribution in [0.25, 0.3) is 10.9 Å². The number of nitrogens with zero attached hydrogens (tertiary/aromatic N) is 1. The molecule has 108 valence electrons. The number of aryl methyl sites for hydroxylation is 1. The van der Waals surface area contributed by atoms with Crippen LogP contribution in [0.3, 0.4) is 0 Å². The molecule has 21 heavy (non-hydrogen) atoms. The van der Waals surface area contributed by atoms with Crippen molar-refractivity contribution in [3.63, 3.8) is 0 Å². The number of rotatable bonds is 5. The van der Waals surface area contributed by atoms with E-state index in [1.807, 2.05) is 37.3 Å². The summed E-state index contributed by atoms with van der Waals surface area (Å²) in [5, 5.41) is 7.56. The molecule has 2 heterocycles. The van der Waals surface area contributed by atoms with E-state index < -0.39 is 0 Å². The average Bonchev–Trinajstić information content (AvgIpc) is 2.89. The zero-order chi connectivity index (χ0) is 14.7. The standard InChI is InChI=1S/C16H17N3OS/c1-11-10-21-15(18-11)6-7-17-9-13-8-12-4-2-3-5-14(12)19-16(13)20/h2-5,8,10,17H,6-7,9H2,1H3,(H,19,20). The molecule has 0 aliphatic rings. The number of pyridine rings is 1. The minimum atomic E-state index is -0.0220. The van der Waals surface area contributed by atoms with Gasteiger partial charge in [-0.15, -0.1) is 11.3 Å². The summed E-state index contributed by atoms with van der Waals surface area (Å²) in [7, 11) is 0. The minimum Gasteiger partial charge on any atom is -0.322 e. The van der Waals surface area contributed by atoms with E-state index in [4.69, 9.17) is 0 Å². The summed E-state index contributed by atoms with van der Waals surface area (Å²) in [6.45, 7) is 3.39. The third-order valence-corrected chi connectivity index (χ3v) is 4.35. The first-order chi connectivity index (χ1) is 10.2. The molecule has 0 radical (unpaired) electrons. The Labute approximate surface area is 126 Å². The van der Waals surface area contributed by atoms with E-state index in [1.54, 1.807) is 11.3 Å². The molecular formula is C16H17N3OS. The van der Waals surface area contributed by atoms with E-state index in [2.05, 4.69) is 20.7 Å². The van der Waals surface area contributed by atoms with Crippen LogP contribution in [0.5, 0.6) is 0 Å². The second kappa shape index (κ2) is 6.20. The van der Waals surface area contributed by atoms with Gasteiger partial charge in [0.15, 0.2) is 0 Å². The average molecular weight is 299 g/mol. The lowest BCUT2D eigenvalue weighted by atomic mass is 10.1.